The van der Waals surface area contributed by atoms with Gasteiger partial charge in [-0.25, -0.2) is 0 Å². The first-order valence-electron chi connectivity index (χ1n) is 20.1. The van der Waals surface area contributed by atoms with Crippen LogP contribution in [0.3, 0.4) is 0 Å². The van der Waals surface area contributed by atoms with Gasteiger partial charge in [0.15, 0.2) is 17.3 Å². The molecule has 4 rings (SSSR count). The molecule has 11 nitrogen and oxygen atoms in total. The molecule has 2 amide bonds. The number of epoxide rings is 1. The lowest BCUT2D eigenvalue weighted by Crippen LogP contribution is -2.50. The van der Waals surface area contributed by atoms with E-state index in [-0.39, 0.29) is 66.9 Å². The van der Waals surface area contributed by atoms with Gasteiger partial charge < -0.3 is 24.8 Å². The highest BCUT2D eigenvalue weighted by Crippen LogP contribution is 2.30. The SMILES string of the molecule is CC(C)C[C@H](NC(=O)C(CCc1ccccc1)CC(=O)COCCN1CCOCC1)C(=O)C[C@@H](Cc1ccccc1)C(=O)N[C@@H](CC(C)C)C(=O)[C@@]1(C)CO1. The van der Waals surface area contributed by atoms with Crippen LogP contribution in [0.1, 0.15) is 77.8 Å². The highest BCUT2D eigenvalue weighted by atomic mass is 16.6. The Bertz CT molecular complexity index is 1520. The van der Waals surface area contributed by atoms with E-state index in [9.17, 15) is 24.0 Å². The number of ether oxygens (including phenoxy) is 3. The van der Waals surface area contributed by atoms with Crippen LogP contribution in [0.5, 0.6) is 0 Å². The lowest BCUT2D eigenvalue weighted by Gasteiger charge is -2.27. The van der Waals surface area contributed by atoms with E-state index in [1.54, 1.807) is 6.92 Å². The van der Waals surface area contributed by atoms with E-state index in [1.807, 2.05) is 88.4 Å². The third kappa shape index (κ3) is 15.4. The molecule has 5 atom stereocenters. The third-order valence-electron chi connectivity index (χ3n) is 10.4. The summed E-state index contributed by atoms with van der Waals surface area (Å²) in [5.41, 5.74) is 1.03. The van der Waals surface area contributed by atoms with Crippen molar-refractivity contribution in [2.75, 3.05) is 52.7 Å². The summed E-state index contributed by atoms with van der Waals surface area (Å²) in [4.78, 5) is 71.2. The van der Waals surface area contributed by atoms with Crippen LogP contribution in [0.25, 0.3) is 0 Å². The van der Waals surface area contributed by atoms with Crippen LogP contribution < -0.4 is 10.6 Å². The molecular weight excluding hydrogens is 698 g/mol. The molecule has 0 aromatic heterocycles. The molecule has 2 N–H and O–H groups in total. The van der Waals surface area contributed by atoms with Gasteiger partial charge in [0.2, 0.25) is 11.8 Å². The Hall–Kier alpha value is -3.77. The average Bonchev–Trinajstić information content (AvgIpc) is 3.92. The number of rotatable bonds is 25. The summed E-state index contributed by atoms with van der Waals surface area (Å²) >= 11 is 0. The topological polar surface area (TPSA) is 144 Å². The molecule has 302 valence electrons. The minimum atomic E-state index is -0.905. The second-order valence-corrected chi connectivity index (χ2v) is 16.3. The normalized spacial score (nSPS) is 19.3. The maximum Gasteiger partial charge on any atom is 0.224 e. The van der Waals surface area contributed by atoms with Crippen molar-refractivity contribution in [3.63, 3.8) is 0 Å². The van der Waals surface area contributed by atoms with E-state index in [0.29, 0.717) is 58.7 Å². The highest BCUT2D eigenvalue weighted by Gasteiger charge is 2.50. The van der Waals surface area contributed by atoms with Gasteiger partial charge in [0.1, 0.15) is 12.2 Å². The molecule has 0 spiro atoms. The Balaban J connectivity index is 1.46. The van der Waals surface area contributed by atoms with Crippen LogP contribution in [-0.2, 0) is 51.0 Å². The molecule has 0 saturated carbocycles. The smallest absolute Gasteiger partial charge is 0.224 e. The van der Waals surface area contributed by atoms with Crippen molar-refractivity contribution in [1.29, 1.82) is 0 Å². The molecule has 1 unspecified atom stereocenters. The van der Waals surface area contributed by atoms with E-state index in [0.717, 1.165) is 24.2 Å². The van der Waals surface area contributed by atoms with Gasteiger partial charge in [-0.15, -0.1) is 0 Å². The van der Waals surface area contributed by atoms with Gasteiger partial charge >= 0.3 is 0 Å². The van der Waals surface area contributed by atoms with Crippen molar-refractivity contribution >= 4 is 29.2 Å². The van der Waals surface area contributed by atoms with Crippen LogP contribution in [0.4, 0.5) is 0 Å². The molecule has 2 aromatic carbocycles. The van der Waals surface area contributed by atoms with Crippen LogP contribution >= 0.6 is 0 Å². The molecule has 11 heteroatoms. The summed E-state index contributed by atoms with van der Waals surface area (Å²) < 4.78 is 16.6. The molecular formula is C44H63N3O8. The first-order chi connectivity index (χ1) is 26.3. The zero-order valence-electron chi connectivity index (χ0n) is 33.6. The van der Waals surface area contributed by atoms with Gasteiger partial charge in [0.05, 0.1) is 38.5 Å². The fourth-order valence-electron chi connectivity index (χ4n) is 7.03. The van der Waals surface area contributed by atoms with Gasteiger partial charge in [-0.1, -0.05) is 88.4 Å². The number of nitrogens with zero attached hydrogens (tertiary/aromatic N) is 1. The van der Waals surface area contributed by atoms with E-state index in [2.05, 4.69) is 15.5 Å². The summed E-state index contributed by atoms with van der Waals surface area (Å²) in [6, 6.07) is 17.7. The standard InChI is InChI=1S/C44H63N3O8/c1-31(2)24-38(40(49)28-36(26-34-14-10-7-11-15-34)43(52)46-39(25-32(3)4)41(50)44(5)30-55-44)45-42(51)35(17-16-33-12-8-6-9-13-33)27-37(48)29-54-23-20-47-18-21-53-22-19-47/h6-15,31-32,35-36,38-39H,16-30H2,1-5H3,(H,45,51)(H,46,52)/t35?,36-,38+,39+,44-/m1/s1. The zero-order chi connectivity index (χ0) is 39.8. The first-order valence-corrected chi connectivity index (χ1v) is 20.1. The second-order valence-electron chi connectivity index (χ2n) is 16.3. The van der Waals surface area contributed by atoms with Gasteiger partial charge in [0, 0.05) is 44.3 Å². The molecule has 2 saturated heterocycles. The molecule has 2 fully saturated rings. The number of ketones is 3. The van der Waals surface area contributed by atoms with Crippen LogP contribution in [0.15, 0.2) is 60.7 Å². The number of amides is 2. The zero-order valence-corrected chi connectivity index (χ0v) is 33.6. The molecule has 2 aliphatic heterocycles. The van der Waals surface area contributed by atoms with Gasteiger partial charge in [-0.3, -0.25) is 28.9 Å². The minimum absolute atomic E-state index is 0.00818. The number of carbonyl (C=O) groups excluding carboxylic acids is 5. The summed E-state index contributed by atoms with van der Waals surface area (Å²) in [6.45, 7) is 14.1. The number of morpholine rings is 1. The number of Topliss-reactive ketones (excluding diaryl/α,β-unsaturated/α-hetero) is 3. The van der Waals surface area contributed by atoms with Gasteiger partial charge in [-0.2, -0.15) is 0 Å². The molecule has 2 aliphatic rings. The lowest BCUT2D eigenvalue weighted by molar-refractivity contribution is -0.136. The van der Waals surface area contributed by atoms with Gasteiger partial charge in [0.25, 0.3) is 0 Å². The molecule has 55 heavy (non-hydrogen) atoms. The lowest BCUT2D eigenvalue weighted by atomic mass is 9.87. The molecule has 0 aliphatic carbocycles. The van der Waals surface area contributed by atoms with E-state index in [1.165, 1.54) is 0 Å². The predicted molar refractivity (Wildman–Crippen MR) is 211 cm³/mol. The first kappa shape index (κ1) is 44.0. The summed E-state index contributed by atoms with van der Waals surface area (Å²) in [7, 11) is 0. The van der Waals surface area contributed by atoms with Crippen LogP contribution in [0.2, 0.25) is 0 Å². The summed E-state index contributed by atoms with van der Waals surface area (Å²) in [6.07, 6.45) is 1.99. The van der Waals surface area contributed by atoms with E-state index in [4.69, 9.17) is 14.2 Å². The number of carbonyl (C=O) groups is 5. The molecule has 2 aromatic rings. The van der Waals surface area contributed by atoms with Crippen molar-refractivity contribution in [1.82, 2.24) is 15.5 Å². The number of benzene rings is 2. The summed E-state index contributed by atoms with van der Waals surface area (Å²) in [5, 5.41) is 6.01. The minimum Gasteiger partial charge on any atom is -0.379 e. The van der Waals surface area contributed by atoms with Crippen molar-refractivity contribution < 1.29 is 38.2 Å². The third-order valence-corrected chi connectivity index (χ3v) is 10.4. The number of nitrogens with one attached hydrogen (secondary N) is 2. The van der Waals surface area contributed by atoms with Crippen molar-refractivity contribution in [2.24, 2.45) is 23.7 Å². The Morgan fingerprint density at radius 1 is 0.782 bits per heavy atom. The van der Waals surface area contributed by atoms with Gasteiger partial charge in [-0.05, 0) is 62.0 Å². The number of hydrogen-bond acceptors (Lipinski definition) is 9. The molecule has 0 bridgehead atoms. The quantitative estimate of drug-likeness (QED) is 0.108. The predicted octanol–water partition coefficient (Wildman–Crippen LogP) is 4.78. The highest BCUT2D eigenvalue weighted by molar-refractivity contribution is 5.98. The Morgan fingerprint density at radius 3 is 1.95 bits per heavy atom. The Labute approximate surface area is 327 Å². The van der Waals surface area contributed by atoms with Crippen molar-refractivity contribution in [3.8, 4) is 0 Å². The number of aryl methyl sites for hydroxylation is 1. The monoisotopic (exact) mass is 761 g/mol. The van der Waals surface area contributed by atoms with Crippen molar-refractivity contribution in [2.45, 2.75) is 97.2 Å². The molecule has 0 radical (unpaired) electrons. The maximum atomic E-state index is 14.2. The van der Waals surface area contributed by atoms with E-state index < -0.39 is 29.5 Å². The summed E-state index contributed by atoms with van der Waals surface area (Å²) in [5.74, 6) is -2.58. The second kappa shape index (κ2) is 22.1. The average molecular weight is 762 g/mol. The fourth-order valence-corrected chi connectivity index (χ4v) is 7.03. The van der Waals surface area contributed by atoms with Crippen LogP contribution in [0, 0.1) is 23.7 Å². The molecule has 2 heterocycles. The fraction of sp³-hybridized carbons (Fsp3) is 0.614. The Morgan fingerprint density at radius 2 is 1.35 bits per heavy atom. The van der Waals surface area contributed by atoms with E-state index >= 15 is 0 Å². The Kier molecular flexibility index (Phi) is 17.7. The van der Waals surface area contributed by atoms with Crippen LogP contribution in [-0.4, -0.2) is 104 Å². The number of hydrogen-bond donors (Lipinski definition) is 2. The van der Waals surface area contributed by atoms with Crippen molar-refractivity contribution in [3.05, 3.63) is 71.8 Å². The maximum absolute atomic E-state index is 14.2. The largest absolute Gasteiger partial charge is 0.379 e.